The third-order valence-corrected chi connectivity index (χ3v) is 6.17. The number of carbonyl (C=O) groups is 3. The van der Waals surface area contributed by atoms with Gasteiger partial charge in [0.15, 0.2) is 0 Å². The van der Waals surface area contributed by atoms with Gasteiger partial charge in [0.1, 0.15) is 6.54 Å². The molecule has 3 amide bonds. The summed E-state index contributed by atoms with van der Waals surface area (Å²) in [5, 5.41) is 2.75. The number of anilines is 1. The Morgan fingerprint density at radius 2 is 1.83 bits per heavy atom. The van der Waals surface area contributed by atoms with Gasteiger partial charge in [-0.1, -0.05) is 34.1 Å². The van der Waals surface area contributed by atoms with Gasteiger partial charge < -0.3 is 5.32 Å². The van der Waals surface area contributed by atoms with E-state index < -0.39 is 0 Å². The lowest BCUT2D eigenvalue weighted by atomic mass is 9.85. The van der Waals surface area contributed by atoms with Crippen LogP contribution in [-0.2, 0) is 14.4 Å². The van der Waals surface area contributed by atoms with Gasteiger partial charge in [-0.05, 0) is 42.9 Å². The Balaban J connectivity index is 1.46. The minimum absolute atomic E-state index is 0.164. The van der Waals surface area contributed by atoms with Crippen LogP contribution in [-0.4, -0.2) is 29.2 Å². The van der Waals surface area contributed by atoms with Gasteiger partial charge in [-0.3, -0.25) is 19.3 Å². The summed E-state index contributed by atoms with van der Waals surface area (Å²) in [5.41, 5.74) is 1.70. The van der Waals surface area contributed by atoms with E-state index in [1.165, 1.54) is 0 Å². The van der Waals surface area contributed by atoms with Crippen molar-refractivity contribution < 1.29 is 14.4 Å². The molecule has 1 heterocycles. The molecular weight excluding hydrogens is 372 g/mol. The molecule has 2 fully saturated rings. The highest BCUT2D eigenvalue weighted by Crippen LogP contribution is 2.52. The first-order valence-corrected chi connectivity index (χ1v) is 8.84. The second kappa shape index (κ2) is 5.55. The van der Waals surface area contributed by atoms with Crippen LogP contribution in [0, 0.1) is 30.6 Å². The van der Waals surface area contributed by atoms with Crippen LogP contribution in [0.25, 0.3) is 0 Å². The van der Waals surface area contributed by atoms with Crippen LogP contribution in [0.5, 0.6) is 0 Å². The van der Waals surface area contributed by atoms with Crippen molar-refractivity contribution in [2.24, 2.45) is 23.7 Å². The molecule has 3 aliphatic rings. The van der Waals surface area contributed by atoms with Crippen LogP contribution in [0.3, 0.4) is 0 Å². The van der Waals surface area contributed by atoms with Crippen molar-refractivity contribution in [3.05, 3.63) is 40.4 Å². The highest BCUT2D eigenvalue weighted by Gasteiger charge is 2.59. The number of nitrogens with one attached hydrogen (secondary N) is 1. The molecule has 1 aromatic rings. The maximum atomic E-state index is 12.6. The van der Waals surface area contributed by atoms with E-state index in [9.17, 15) is 14.4 Å². The first-order valence-electron chi connectivity index (χ1n) is 8.05. The van der Waals surface area contributed by atoms with Gasteiger partial charge in [0.25, 0.3) is 0 Å². The Bertz CT molecular complexity index is 758. The maximum absolute atomic E-state index is 12.6. The van der Waals surface area contributed by atoms with E-state index >= 15 is 0 Å². The zero-order chi connectivity index (χ0) is 17.0. The number of allylic oxidation sites excluding steroid dienone is 2. The lowest BCUT2D eigenvalue weighted by molar-refractivity contribution is -0.143. The molecule has 0 spiro atoms. The van der Waals surface area contributed by atoms with Crippen molar-refractivity contribution in [3.63, 3.8) is 0 Å². The van der Waals surface area contributed by atoms with E-state index in [1.807, 2.05) is 25.1 Å². The molecule has 6 heteroatoms. The van der Waals surface area contributed by atoms with Crippen molar-refractivity contribution in [1.29, 1.82) is 0 Å². The molecule has 24 heavy (non-hydrogen) atoms. The Hall–Kier alpha value is -1.95. The van der Waals surface area contributed by atoms with Gasteiger partial charge in [-0.2, -0.15) is 0 Å². The second-order valence-electron chi connectivity index (χ2n) is 6.77. The number of imide groups is 1. The summed E-state index contributed by atoms with van der Waals surface area (Å²) in [7, 11) is 0. The summed E-state index contributed by atoms with van der Waals surface area (Å²) in [6, 6.07) is 5.49. The molecule has 1 aliphatic heterocycles. The fourth-order valence-electron chi connectivity index (χ4n) is 4.13. The van der Waals surface area contributed by atoms with Crippen LogP contribution in [0.4, 0.5) is 5.69 Å². The van der Waals surface area contributed by atoms with E-state index in [4.69, 9.17) is 0 Å². The summed E-state index contributed by atoms with van der Waals surface area (Å²) in [6.45, 7) is 1.74. The summed E-state index contributed by atoms with van der Waals surface area (Å²) < 4.78 is 0.894. The monoisotopic (exact) mass is 388 g/mol. The molecule has 1 saturated carbocycles. The fourth-order valence-corrected chi connectivity index (χ4v) is 4.51. The number of amides is 3. The number of aryl methyl sites for hydroxylation is 1. The summed E-state index contributed by atoms with van der Waals surface area (Å²) in [4.78, 5) is 38.5. The van der Waals surface area contributed by atoms with E-state index in [0.717, 1.165) is 21.4 Å². The van der Waals surface area contributed by atoms with Crippen LogP contribution in [0.2, 0.25) is 0 Å². The number of likely N-dealkylation sites (tertiary alicyclic amines) is 1. The van der Waals surface area contributed by atoms with Gasteiger partial charge in [-0.25, -0.2) is 0 Å². The standard InChI is InChI=1S/C18H17BrN2O3/c1-9-2-5-12(7-13(9)19)20-14(22)8-21-17(23)15-10-3-4-11(6-10)16(15)18(21)24/h2-5,7,10-11,15-16H,6,8H2,1H3,(H,20,22)/t10-,11-,15-,16+/m0/s1. The molecule has 0 radical (unpaired) electrons. The first-order chi connectivity index (χ1) is 11.5. The molecule has 0 unspecified atom stereocenters. The third kappa shape index (κ3) is 2.32. The number of halogens is 1. The van der Waals surface area contributed by atoms with Crippen LogP contribution in [0.1, 0.15) is 12.0 Å². The van der Waals surface area contributed by atoms with Crippen molar-refractivity contribution in [1.82, 2.24) is 4.90 Å². The van der Waals surface area contributed by atoms with Crippen molar-refractivity contribution in [2.75, 3.05) is 11.9 Å². The Morgan fingerprint density at radius 1 is 1.21 bits per heavy atom. The second-order valence-corrected chi connectivity index (χ2v) is 7.63. The van der Waals surface area contributed by atoms with Crippen LogP contribution in [0.15, 0.2) is 34.8 Å². The molecule has 4 rings (SSSR count). The molecule has 1 saturated heterocycles. The van der Waals surface area contributed by atoms with Crippen molar-refractivity contribution in [2.45, 2.75) is 13.3 Å². The molecule has 4 atom stereocenters. The van der Waals surface area contributed by atoms with Gasteiger partial charge in [-0.15, -0.1) is 0 Å². The summed E-state index contributed by atoms with van der Waals surface area (Å²) in [5.74, 6) is -0.922. The Labute approximate surface area is 148 Å². The molecule has 5 nitrogen and oxygen atoms in total. The van der Waals surface area contributed by atoms with E-state index in [1.54, 1.807) is 12.1 Å². The fraction of sp³-hybridized carbons (Fsp3) is 0.389. The van der Waals surface area contributed by atoms with E-state index in [0.29, 0.717) is 5.69 Å². The molecule has 1 N–H and O–H groups in total. The van der Waals surface area contributed by atoms with E-state index in [2.05, 4.69) is 21.2 Å². The average molecular weight is 389 g/mol. The normalized spacial score (nSPS) is 30.2. The number of carbonyl (C=O) groups excluding carboxylic acids is 3. The lowest BCUT2D eigenvalue weighted by Gasteiger charge is -2.17. The maximum Gasteiger partial charge on any atom is 0.244 e. The number of rotatable bonds is 3. The number of nitrogens with zero attached hydrogens (tertiary/aromatic N) is 1. The Morgan fingerprint density at radius 3 is 2.42 bits per heavy atom. The van der Waals surface area contributed by atoms with Gasteiger partial charge in [0.05, 0.1) is 11.8 Å². The predicted molar refractivity (Wildman–Crippen MR) is 91.9 cm³/mol. The zero-order valence-electron chi connectivity index (χ0n) is 13.2. The topological polar surface area (TPSA) is 66.5 Å². The highest BCUT2D eigenvalue weighted by molar-refractivity contribution is 9.10. The predicted octanol–water partition coefficient (Wildman–Crippen LogP) is 2.50. The molecule has 2 bridgehead atoms. The minimum Gasteiger partial charge on any atom is -0.324 e. The highest BCUT2D eigenvalue weighted by atomic mass is 79.9. The lowest BCUT2D eigenvalue weighted by Crippen LogP contribution is -2.39. The quantitative estimate of drug-likeness (QED) is 0.638. The number of benzene rings is 1. The number of hydrogen-bond donors (Lipinski definition) is 1. The zero-order valence-corrected chi connectivity index (χ0v) is 14.7. The molecule has 1 aromatic carbocycles. The van der Waals surface area contributed by atoms with Crippen molar-refractivity contribution in [3.8, 4) is 0 Å². The third-order valence-electron chi connectivity index (χ3n) is 5.32. The van der Waals surface area contributed by atoms with Gasteiger partial charge in [0, 0.05) is 10.2 Å². The molecule has 0 aromatic heterocycles. The summed E-state index contributed by atoms with van der Waals surface area (Å²) >= 11 is 3.42. The molecule has 2 aliphatic carbocycles. The van der Waals surface area contributed by atoms with Crippen molar-refractivity contribution >= 4 is 39.3 Å². The number of fused-ring (bicyclic) bond motifs is 5. The smallest absolute Gasteiger partial charge is 0.244 e. The Kier molecular flexibility index (Phi) is 3.60. The molecular formula is C18H17BrN2O3. The minimum atomic E-state index is -0.354. The average Bonchev–Trinajstić information content (AvgIpc) is 3.21. The van der Waals surface area contributed by atoms with Crippen LogP contribution < -0.4 is 5.32 Å². The van der Waals surface area contributed by atoms with Gasteiger partial charge >= 0.3 is 0 Å². The SMILES string of the molecule is Cc1ccc(NC(=O)CN2C(=O)[C@@H]3[C@H](C2=O)[C@H]2C=C[C@H]3C2)cc1Br. The van der Waals surface area contributed by atoms with Gasteiger partial charge in [0.2, 0.25) is 17.7 Å². The van der Waals surface area contributed by atoms with E-state index in [-0.39, 0.29) is 47.9 Å². The summed E-state index contributed by atoms with van der Waals surface area (Å²) in [6.07, 6.45) is 4.99. The first kappa shape index (κ1) is 15.6. The molecule has 124 valence electrons. The largest absolute Gasteiger partial charge is 0.324 e. The number of hydrogen-bond acceptors (Lipinski definition) is 3. The van der Waals surface area contributed by atoms with Crippen LogP contribution >= 0.6 is 15.9 Å².